The number of likely N-dealkylation sites (tertiary alicyclic amines) is 1. The lowest BCUT2D eigenvalue weighted by Crippen LogP contribution is -2.41. The lowest BCUT2D eigenvalue weighted by atomic mass is 9.81. The summed E-state index contributed by atoms with van der Waals surface area (Å²) in [6.07, 6.45) is 6.29. The standard InChI is InChI=1S/C22H28N2O3S/c1-4-5-16-19-18(13(2)22(16)10-11-22)20(26)24(21(19)27)12-17(25)23-14-6-8-15(28-3)9-7-14/h6-9,13,16,18-19H,4-5,10-12H2,1-3H3,(H,23,25). The fraction of sp³-hybridized carbons (Fsp3) is 0.591. The normalized spacial score (nSPS) is 30.0. The highest BCUT2D eigenvalue weighted by molar-refractivity contribution is 7.98. The van der Waals surface area contributed by atoms with Gasteiger partial charge >= 0.3 is 0 Å². The molecule has 0 radical (unpaired) electrons. The Bertz CT molecular complexity index is 803. The van der Waals surface area contributed by atoms with E-state index in [0.717, 1.165) is 30.6 Å². The van der Waals surface area contributed by atoms with Crippen molar-refractivity contribution in [3.05, 3.63) is 24.3 Å². The number of nitrogens with zero attached hydrogens (tertiary/aromatic N) is 1. The number of hydrogen-bond acceptors (Lipinski definition) is 4. The second-order valence-corrected chi connectivity index (χ2v) is 9.39. The van der Waals surface area contributed by atoms with Crippen LogP contribution in [0, 0.1) is 29.1 Å². The molecule has 2 aliphatic carbocycles. The number of hydrogen-bond donors (Lipinski definition) is 1. The highest BCUT2D eigenvalue weighted by atomic mass is 32.2. The van der Waals surface area contributed by atoms with Gasteiger partial charge in [-0.1, -0.05) is 20.3 Å². The molecule has 28 heavy (non-hydrogen) atoms. The van der Waals surface area contributed by atoms with Crippen molar-refractivity contribution < 1.29 is 14.4 Å². The maximum atomic E-state index is 13.1. The highest BCUT2D eigenvalue weighted by Crippen LogP contribution is 2.70. The topological polar surface area (TPSA) is 66.5 Å². The van der Waals surface area contributed by atoms with Crippen molar-refractivity contribution in [1.29, 1.82) is 0 Å². The summed E-state index contributed by atoms with van der Waals surface area (Å²) in [5.41, 5.74) is 0.876. The van der Waals surface area contributed by atoms with E-state index >= 15 is 0 Å². The minimum absolute atomic E-state index is 0.128. The monoisotopic (exact) mass is 400 g/mol. The van der Waals surface area contributed by atoms with E-state index in [4.69, 9.17) is 0 Å². The minimum Gasteiger partial charge on any atom is -0.325 e. The third-order valence-corrected chi connectivity index (χ3v) is 7.95. The van der Waals surface area contributed by atoms with E-state index in [1.807, 2.05) is 30.5 Å². The molecule has 150 valence electrons. The first-order chi connectivity index (χ1) is 13.4. The lowest BCUT2D eigenvalue weighted by molar-refractivity contribution is -0.144. The zero-order chi connectivity index (χ0) is 20.1. The Labute approximate surface area is 170 Å². The number of fused-ring (bicyclic) bond motifs is 1. The number of benzene rings is 1. The number of thioether (sulfide) groups is 1. The summed E-state index contributed by atoms with van der Waals surface area (Å²) in [6.45, 7) is 4.10. The van der Waals surface area contributed by atoms with Crippen molar-refractivity contribution in [3.8, 4) is 0 Å². The Morgan fingerprint density at radius 3 is 2.39 bits per heavy atom. The van der Waals surface area contributed by atoms with Crippen LogP contribution < -0.4 is 5.32 Å². The minimum atomic E-state index is -0.320. The second kappa shape index (κ2) is 7.21. The van der Waals surface area contributed by atoms with Gasteiger partial charge in [0.05, 0.1) is 11.8 Å². The first kappa shape index (κ1) is 19.5. The van der Waals surface area contributed by atoms with Crippen LogP contribution in [0.3, 0.4) is 0 Å². The van der Waals surface area contributed by atoms with Crippen molar-refractivity contribution in [2.45, 2.75) is 44.4 Å². The molecule has 3 amide bonds. The quantitative estimate of drug-likeness (QED) is 0.583. The number of imide groups is 1. The molecule has 4 unspecified atom stereocenters. The molecule has 3 aliphatic rings. The van der Waals surface area contributed by atoms with Crippen LogP contribution in [-0.4, -0.2) is 35.4 Å². The number of nitrogens with one attached hydrogen (secondary N) is 1. The van der Waals surface area contributed by atoms with Crippen molar-refractivity contribution in [2.75, 3.05) is 18.1 Å². The van der Waals surface area contributed by atoms with Crippen molar-refractivity contribution in [3.63, 3.8) is 0 Å². The Kier molecular flexibility index (Phi) is 5.02. The van der Waals surface area contributed by atoms with E-state index in [0.29, 0.717) is 11.6 Å². The molecule has 1 N–H and O–H groups in total. The van der Waals surface area contributed by atoms with E-state index in [-0.39, 0.29) is 47.4 Å². The molecule has 4 atom stereocenters. The molecule has 1 saturated heterocycles. The van der Waals surface area contributed by atoms with Crippen LogP contribution in [0.4, 0.5) is 5.69 Å². The molecule has 1 aromatic rings. The average molecular weight is 401 g/mol. The van der Waals surface area contributed by atoms with Gasteiger partial charge in [0.1, 0.15) is 6.54 Å². The summed E-state index contributed by atoms with van der Waals surface area (Å²) in [5.74, 6) is -0.519. The molecular formula is C22H28N2O3S. The fourth-order valence-corrected chi connectivity index (χ4v) is 6.11. The van der Waals surface area contributed by atoms with Gasteiger partial charge in [-0.2, -0.15) is 0 Å². The van der Waals surface area contributed by atoms with Crippen molar-refractivity contribution >= 4 is 35.2 Å². The molecular weight excluding hydrogens is 372 g/mol. The number of amides is 3. The molecule has 0 bridgehead atoms. The van der Waals surface area contributed by atoms with E-state index in [1.165, 1.54) is 4.90 Å². The molecule has 2 saturated carbocycles. The molecule has 3 fully saturated rings. The number of anilines is 1. The average Bonchev–Trinajstić information content (AvgIpc) is 3.41. The maximum absolute atomic E-state index is 13.1. The van der Waals surface area contributed by atoms with Gasteiger partial charge in [0, 0.05) is 10.6 Å². The van der Waals surface area contributed by atoms with Crippen LogP contribution in [0.25, 0.3) is 0 Å². The summed E-state index contributed by atoms with van der Waals surface area (Å²) >= 11 is 1.63. The molecule has 1 heterocycles. The van der Waals surface area contributed by atoms with Crippen LogP contribution in [0.15, 0.2) is 29.2 Å². The Morgan fingerprint density at radius 1 is 1.18 bits per heavy atom. The smallest absolute Gasteiger partial charge is 0.244 e. The summed E-state index contributed by atoms with van der Waals surface area (Å²) in [4.78, 5) is 41.0. The van der Waals surface area contributed by atoms with Gasteiger partial charge in [0.2, 0.25) is 17.7 Å². The summed E-state index contributed by atoms with van der Waals surface area (Å²) in [7, 11) is 0. The van der Waals surface area contributed by atoms with Crippen molar-refractivity contribution in [2.24, 2.45) is 29.1 Å². The van der Waals surface area contributed by atoms with E-state index in [9.17, 15) is 14.4 Å². The number of rotatable bonds is 6. The molecule has 1 aromatic carbocycles. The van der Waals surface area contributed by atoms with Crippen LogP contribution >= 0.6 is 11.8 Å². The van der Waals surface area contributed by atoms with E-state index in [2.05, 4.69) is 19.2 Å². The predicted octanol–water partition coefficient (Wildman–Crippen LogP) is 3.79. The third kappa shape index (κ3) is 2.97. The van der Waals surface area contributed by atoms with Gasteiger partial charge in [0.15, 0.2) is 0 Å². The van der Waals surface area contributed by atoms with Gasteiger partial charge in [-0.3, -0.25) is 19.3 Å². The van der Waals surface area contributed by atoms with E-state index < -0.39 is 0 Å². The Hall–Kier alpha value is -1.82. The fourth-order valence-electron chi connectivity index (χ4n) is 5.70. The Morgan fingerprint density at radius 2 is 1.82 bits per heavy atom. The molecule has 1 aliphatic heterocycles. The van der Waals surface area contributed by atoms with Crippen LogP contribution in [0.5, 0.6) is 0 Å². The summed E-state index contributed by atoms with van der Waals surface area (Å²) < 4.78 is 0. The lowest BCUT2D eigenvalue weighted by Gasteiger charge is -2.27. The van der Waals surface area contributed by atoms with Crippen LogP contribution in [0.1, 0.15) is 39.5 Å². The van der Waals surface area contributed by atoms with Crippen LogP contribution in [-0.2, 0) is 14.4 Å². The maximum Gasteiger partial charge on any atom is 0.244 e. The second-order valence-electron chi connectivity index (χ2n) is 8.51. The largest absolute Gasteiger partial charge is 0.325 e. The number of carbonyl (C=O) groups excluding carboxylic acids is 3. The van der Waals surface area contributed by atoms with Gasteiger partial charge in [0.25, 0.3) is 0 Å². The van der Waals surface area contributed by atoms with Crippen molar-refractivity contribution in [1.82, 2.24) is 4.90 Å². The molecule has 0 aromatic heterocycles. The van der Waals surface area contributed by atoms with Gasteiger partial charge in [-0.25, -0.2) is 0 Å². The first-order valence-electron chi connectivity index (χ1n) is 10.2. The molecule has 6 heteroatoms. The summed E-state index contributed by atoms with van der Waals surface area (Å²) in [5, 5.41) is 2.81. The zero-order valence-electron chi connectivity index (χ0n) is 16.7. The third-order valence-electron chi connectivity index (χ3n) is 7.21. The molecule has 4 rings (SSSR count). The van der Waals surface area contributed by atoms with Gasteiger partial charge in [-0.15, -0.1) is 11.8 Å². The predicted molar refractivity (Wildman–Crippen MR) is 110 cm³/mol. The molecule has 1 spiro atoms. The Balaban J connectivity index is 1.47. The zero-order valence-corrected chi connectivity index (χ0v) is 17.6. The number of carbonyl (C=O) groups is 3. The van der Waals surface area contributed by atoms with Crippen LogP contribution in [0.2, 0.25) is 0 Å². The van der Waals surface area contributed by atoms with E-state index in [1.54, 1.807) is 11.8 Å². The van der Waals surface area contributed by atoms with Gasteiger partial charge in [-0.05, 0) is 67.0 Å². The molecule has 5 nitrogen and oxygen atoms in total. The SMILES string of the molecule is CCCC1C2C(=O)N(CC(=O)Nc3ccc(SC)cc3)C(=O)C2C(C)C12CC2. The van der Waals surface area contributed by atoms with Gasteiger partial charge < -0.3 is 5.32 Å². The first-order valence-corrected chi connectivity index (χ1v) is 11.4. The highest BCUT2D eigenvalue weighted by Gasteiger charge is 2.70. The summed E-state index contributed by atoms with van der Waals surface area (Å²) in [6, 6.07) is 7.54.